The summed E-state index contributed by atoms with van der Waals surface area (Å²) >= 11 is 6.46. The molecule has 2 rings (SSSR count). The standard InChI is InChI=1S/C32H40ClN5O3/c1-6-13-25(31-27-16-9-10-17-29(27)35-23-36-31)15-11-12-20-34-32(41)26(14-7-2)28(33)18-19-30(40)38(8-3)22-21-37(5)24(4)39/h9-18,20,23H,6-8,19,21-22H2,1-5H3,(H,34,41)/b15-11-,20-12+,25-13+,26-14+,28-18+. The molecule has 1 aromatic heterocycles. The van der Waals surface area contributed by atoms with Gasteiger partial charge in [0.25, 0.3) is 5.91 Å². The molecule has 0 fully saturated rings. The first-order valence-electron chi connectivity index (χ1n) is 13.8. The van der Waals surface area contributed by atoms with Gasteiger partial charge in [-0.05, 0) is 37.5 Å². The van der Waals surface area contributed by atoms with Crippen molar-refractivity contribution in [2.24, 2.45) is 0 Å². The Morgan fingerprint density at radius 1 is 0.976 bits per heavy atom. The fourth-order valence-corrected chi connectivity index (χ4v) is 4.16. The summed E-state index contributed by atoms with van der Waals surface area (Å²) in [6.45, 7) is 8.72. The Kier molecular flexibility index (Phi) is 14.2. The van der Waals surface area contributed by atoms with Crippen molar-refractivity contribution in [2.75, 3.05) is 26.7 Å². The lowest BCUT2D eigenvalue weighted by Crippen LogP contribution is -2.38. The van der Waals surface area contributed by atoms with Gasteiger partial charge in [-0.3, -0.25) is 14.4 Å². The van der Waals surface area contributed by atoms with Gasteiger partial charge >= 0.3 is 0 Å². The molecule has 3 amide bonds. The molecule has 41 heavy (non-hydrogen) atoms. The molecule has 0 bridgehead atoms. The van der Waals surface area contributed by atoms with Crippen molar-refractivity contribution in [2.45, 2.75) is 47.0 Å². The van der Waals surface area contributed by atoms with Crippen LogP contribution in [0.25, 0.3) is 16.5 Å². The van der Waals surface area contributed by atoms with Gasteiger partial charge in [0, 0.05) is 56.6 Å². The van der Waals surface area contributed by atoms with Crippen LogP contribution < -0.4 is 5.32 Å². The van der Waals surface area contributed by atoms with E-state index in [0.717, 1.165) is 28.6 Å². The second-order valence-corrected chi connectivity index (χ2v) is 9.60. The van der Waals surface area contributed by atoms with Crippen LogP contribution in [-0.4, -0.2) is 64.2 Å². The summed E-state index contributed by atoms with van der Waals surface area (Å²) in [4.78, 5) is 49.1. The SMILES string of the molecule is CC/C=C(C(=O)N/C=C/C=C\C(=C/CC)c1ncnc2ccccc12)\C(Cl)=C/CC(=O)N(CC)CCN(C)C(C)=O. The van der Waals surface area contributed by atoms with Crippen molar-refractivity contribution >= 4 is 45.8 Å². The molecule has 9 heteroatoms. The third-order valence-corrected chi connectivity index (χ3v) is 6.64. The highest BCUT2D eigenvalue weighted by Crippen LogP contribution is 2.23. The largest absolute Gasteiger partial charge is 0.344 e. The lowest BCUT2D eigenvalue weighted by Gasteiger charge is -2.23. The second kappa shape index (κ2) is 17.6. The average molecular weight is 578 g/mol. The van der Waals surface area contributed by atoms with E-state index in [4.69, 9.17) is 11.6 Å². The van der Waals surface area contributed by atoms with Crippen LogP contribution in [0.5, 0.6) is 0 Å². The molecule has 0 spiro atoms. The maximum Gasteiger partial charge on any atom is 0.256 e. The Balaban J connectivity index is 2.04. The zero-order valence-corrected chi connectivity index (χ0v) is 25.3. The highest BCUT2D eigenvalue weighted by molar-refractivity contribution is 6.35. The Labute approximate surface area is 248 Å². The number of carbonyl (C=O) groups is 3. The van der Waals surface area contributed by atoms with E-state index in [0.29, 0.717) is 31.6 Å². The number of nitrogens with zero attached hydrogens (tertiary/aromatic N) is 4. The van der Waals surface area contributed by atoms with Gasteiger partial charge in [-0.25, -0.2) is 9.97 Å². The van der Waals surface area contributed by atoms with Crippen molar-refractivity contribution < 1.29 is 14.4 Å². The normalized spacial score (nSPS) is 12.8. The topological polar surface area (TPSA) is 95.5 Å². The summed E-state index contributed by atoms with van der Waals surface area (Å²) in [5.41, 5.74) is 2.98. The van der Waals surface area contributed by atoms with Gasteiger partial charge in [0.1, 0.15) is 6.33 Å². The van der Waals surface area contributed by atoms with E-state index in [-0.39, 0.29) is 29.2 Å². The van der Waals surface area contributed by atoms with Gasteiger partial charge in [-0.1, -0.05) is 74.0 Å². The fourth-order valence-electron chi connectivity index (χ4n) is 3.92. The first-order chi connectivity index (χ1) is 19.7. The van der Waals surface area contributed by atoms with Crippen molar-refractivity contribution in [1.82, 2.24) is 25.1 Å². The van der Waals surface area contributed by atoms with Crippen LogP contribution in [0, 0.1) is 0 Å². The summed E-state index contributed by atoms with van der Waals surface area (Å²) in [6.07, 6.45) is 15.5. The minimum absolute atomic E-state index is 0.0492. The highest BCUT2D eigenvalue weighted by atomic mass is 35.5. The van der Waals surface area contributed by atoms with Crippen LogP contribution in [-0.2, 0) is 14.4 Å². The van der Waals surface area contributed by atoms with Crippen molar-refractivity contribution in [3.8, 4) is 0 Å². The first-order valence-corrected chi connectivity index (χ1v) is 14.2. The van der Waals surface area contributed by atoms with E-state index >= 15 is 0 Å². The number of nitrogens with one attached hydrogen (secondary N) is 1. The molecule has 0 radical (unpaired) electrons. The van der Waals surface area contributed by atoms with Crippen LogP contribution >= 0.6 is 11.6 Å². The van der Waals surface area contributed by atoms with Gasteiger partial charge < -0.3 is 15.1 Å². The average Bonchev–Trinajstić information content (AvgIpc) is 2.97. The Hall–Kier alpha value is -4.04. The molecular formula is C32H40ClN5O3. The smallest absolute Gasteiger partial charge is 0.256 e. The molecule has 8 nitrogen and oxygen atoms in total. The van der Waals surface area contributed by atoms with E-state index in [1.807, 2.05) is 50.3 Å². The number of para-hydroxylation sites is 1. The number of likely N-dealkylation sites (N-methyl/N-ethyl adjacent to an activating group) is 2. The van der Waals surface area contributed by atoms with E-state index in [2.05, 4.69) is 28.3 Å². The number of carbonyl (C=O) groups excluding carboxylic acids is 3. The van der Waals surface area contributed by atoms with E-state index < -0.39 is 0 Å². The van der Waals surface area contributed by atoms with Crippen LogP contribution in [0.2, 0.25) is 0 Å². The first kappa shape index (κ1) is 33.2. The van der Waals surface area contributed by atoms with Gasteiger partial charge in [0.15, 0.2) is 0 Å². The number of benzene rings is 1. The zero-order valence-electron chi connectivity index (χ0n) is 24.6. The Morgan fingerprint density at radius 2 is 1.71 bits per heavy atom. The molecule has 1 N–H and O–H groups in total. The lowest BCUT2D eigenvalue weighted by molar-refractivity contribution is -0.132. The molecule has 0 unspecified atom stereocenters. The predicted molar refractivity (Wildman–Crippen MR) is 167 cm³/mol. The molecule has 0 aliphatic rings. The summed E-state index contributed by atoms with van der Waals surface area (Å²) in [7, 11) is 1.70. The van der Waals surface area contributed by atoms with Gasteiger partial charge in [0.2, 0.25) is 11.8 Å². The van der Waals surface area contributed by atoms with Crippen molar-refractivity contribution in [3.05, 3.63) is 89.5 Å². The van der Waals surface area contributed by atoms with Crippen molar-refractivity contribution in [3.63, 3.8) is 0 Å². The Bertz CT molecular complexity index is 1350. The number of aromatic nitrogens is 2. The van der Waals surface area contributed by atoms with E-state index in [1.54, 1.807) is 47.6 Å². The van der Waals surface area contributed by atoms with Gasteiger partial charge in [0.05, 0.1) is 16.8 Å². The second-order valence-electron chi connectivity index (χ2n) is 9.20. The molecule has 0 saturated carbocycles. The van der Waals surface area contributed by atoms with E-state index in [1.165, 1.54) is 6.92 Å². The molecule has 0 aliphatic heterocycles. The van der Waals surface area contributed by atoms with E-state index in [9.17, 15) is 14.4 Å². The molecule has 1 aromatic carbocycles. The minimum atomic E-state index is -0.369. The van der Waals surface area contributed by atoms with Crippen LogP contribution in [0.1, 0.15) is 52.7 Å². The van der Waals surface area contributed by atoms with Gasteiger partial charge in [-0.2, -0.15) is 0 Å². The third-order valence-electron chi connectivity index (χ3n) is 6.28. The third kappa shape index (κ3) is 10.5. The summed E-state index contributed by atoms with van der Waals surface area (Å²) in [5, 5.41) is 3.93. The molecular weight excluding hydrogens is 538 g/mol. The van der Waals surface area contributed by atoms with Crippen molar-refractivity contribution in [1.29, 1.82) is 0 Å². The summed E-state index contributed by atoms with van der Waals surface area (Å²) < 4.78 is 0. The number of hydrogen-bond acceptors (Lipinski definition) is 5. The highest BCUT2D eigenvalue weighted by Gasteiger charge is 2.15. The zero-order chi connectivity index (χ0) is 30.2. The number of rotatable bonds is 14. The van der Waals surface area contributed by atoms with Crippen LogP contribution in [0.4, 0.5) is 0 Å². The molecule has 218 valence electrons. The predicted octanol–water partition coefficient (Wildman–Crippen LogP) is 5.79. The molecule has 1 heterocycles. The number of fused-ring (bicyclic) bond motifs is 1. The molecule has 0 aliphatic carbocycles. The number of allylic oxidation sites excluding steroid dienone is 6. The monoisotopic (exact) mass is 577 g/mol. The quantitative estimate of drug-likeness (QED) is 0.227. The summed E-state index contributed by atoms with van der Waals surface area (Å²) in [5.74, 6) is -0.554. The number of amides is 3. The van der Waals surface area contributed by atoms with Crippen LogP contribution in [0.3, 0.4) is 0 Å². The maximum atomic E-state index is 12.9. The lowest BCUT2D eigenvalue weighted by atomic mass is 10.1. The molecule has 0 atom stereocenters. The molecule has 0 saturated heterocycles. The minimum Gasteiger partial charge on any atom is -0.344 e. The number of halogens is 1. The molecule has 2 aromatic rings. The Morgan fingerprint density at radius 3 is 2.39 bits per heavy atom. The summed E-state index contributed by atoms with van der Waals surface area (Å²) in [6, 6.07) is 7.86. The number of hydrogen-bond donors (Lipinski definition) is 1. The maximum absolute atomic E-state index is 12.9. The van der Waals surface area contributed by atoms with Gasteiger partial charge in [-0.15, -0.1) is 0 Å². The van der Waals surface area contributed by atoms with Crippen LogP contribution in [0.15, 0.2) is 83.9 Å². The fraction of sp³-hybridized carbons (Fsp3) is 0.344.